The Balaban J connectivity index is 2.12. The largest absolute Gasteiger partial charge is 0.463 e. The van der Waals surface area contributed by atoms with Crippen molar-refractivity contribution >= 4 is 11.9 Å². The Labute approximate surface area is 176 Å². The summed E-state index contributed by atoms with van der Waals surface area (Å²) >= 11 is 0. The predicted molar refractivity (Wildman–Crippen MR) is 118 cm³/mol. The molecule has 162 valence electrons. The average molecular weight is 403 g/mol. The first-order chi connectivity index (χ1) is 14.0. The Hall–Kier alpha value is -2.10. The van der Waals surface area contributed by atoms with E-state index < -0.39 is 11.9 Å². The van der Waals surface area contributed by atoms with Gasteiger partial charge in [0.25, 0.3) is 0 Å². The highest BCUT2D eigenvalue weighted by Crippen LogP contribution is 2.25. The van der Waals surface area contributed by atoms with Crippen LogP contribution in [-0.4, -0.2) is 18.5 Å². The second-order valence-electron chi connectivity index (χ2n) is 7.80. The zero-order chi connectivity index (χ0) is 21.3. The number of hydrogen-bond acceptors (Lipinski definition) is 4. The average Bonchev–Trinajstić information content (AvgIpc) is 2.70. The Kier molecular flexibility index (Phi) is 13.6. The molecule has 0 aromatic heterocycles. The molecule has 0 saturated carbocycles. The van der Waals surface area contributed by atoms with Crippen LogP contribution in [0.25, 0.3) is 0 Å². The highest BCUT2D eigenvalue weighted by molar-refractivity contribution is 5.92. The first-order valence-corrected chi connectivity index (χ1v) is 11.2. The highest BCUT2D eigenvalue weighted by atomic mass is 16.5. The van der Waals surface area contributed by atoms with Crippen LogP contribution < -0.4 is 4.74 Å². The second-order valence-corrected chi connectivity index (χ2v) is 7.80. The van der Waals surface area contributed by atoms with Gasteiger partial charge in [0.2, 0.25) is 0 Å². The van der Waals surface area contributed by atoms with E-state index in [0.29, 0.717) is 12.4 Å². The summed E-state index contributed by atoms with van der Waals surface area (Å²) in [5, 5.41) is 0. The van der Waals surface area contributed by atoms with E-state index in [-0.39, 0.29) is 5.92 Å². The third kappa shape index (κ3) is 12.1. The lowest BCUT2D eigenvalue weighted by Gasteiger charge is -2.11. The van der Waals surface area contributed by atoms with Gasteiger partial charge in [-0.15, -0.1) is 0 Å². The molecule has 1 aromatic rings. The van der Waals surface area contributed by atoms with E-state index in [0.717, 1.165) is 30.6 Å². The van der Waals surface area contributed by atoms with Crippen molar-refractivity contribution in [3.8, 4) is 5.75 Å². The number of benzene rings is 1. The molecule has 4 nitrogen and oxygen atoms in total. The molecular formula is C25H38O4. The number of esters is 2. The fraction of sp³-hybridized carbons (Fsp3) is 0.600. The van der Waals surface area contributed by atoms with Crippen LogP contribution in [0.2, 0.25) is 0 Å². The van der Waals surface area contributed by atoms with Crippen LogP contribution in [0.3, 0.4) is 0 Å². The molecule has 4 heteroatoms. The Bertz CT molecular complexity index is 619. The standard InChI is InChI=1S/C25H38O4/c1-4-5-6-7-8-9-10-11-12-15-20-28-24(26)18-19-25(27)29-23-17-14-13-16-22(23)21(2)3/h13-14,16-19,21H,4-12,15,20H2,1-3H3/b19-18+. The van der Waals surface area contributed by atoms with Gasteiger partial charge in [-0.25, -0.2) is 9.59 Å². The Morgan fingerprint density at radius 3 is 2.00 bits per heavy atom. The lowest BCUT2D eigenvalue weighted by molar-refractivity contribution is -0.138. The minimum Gasteiger partial charge on any atom is -0.463 e. The fourth-order valence-corrected chi connectivity index (χ4v) is 3.14. The molecule has 29 heavy (non-hydrogen) atoms. The Morgan fingerprint density at radius 1 is 0.828 bits per heavy atom. The van der Waals surface area contributed by atoms with Crippen molar-refractivity contribution in [3.63, 3.8) is 0 Å². The topological polar surface area (TPSA) is 52.6 Å². The van der Waals surface area contributed by atoms with Crippen molar-refractivity contribution in [2.75, 3.05) is 6.61 Å². The molecule has 0 amide bonds. The maximum atomic E-state index is 11.9. The molecule has 0 heterocycles. The van der Waals surface area contributed by atoms with E-state index in [9.17, 15) is 9.59 Å². The molecule has 0 aliphatic heterocycles. The smallest absolute Gasteiger partial charge is 0.336 e. The van der Waals surface area contributed by atoms with E-state index in [1.165, 1.54) is 51.4 Å². The van der Waals surface area contributed by atoms with Crippen LogP contribution in [0.4, 0.5) is 0 Å². The normalized spacial score (nSPS) is 11.2. The molecule has 0 saturated heterocycles. The highest BCUT2D eigenvalue weighted by Gasteiger charge is 2.10. The van der Waals surface area contributed by atoms with Crippen molar-refractivity contribution in [1.29, 1.82) is 0 Å². The van der Waals surface area contributed by atoms with Gasteiger partial charge in [0.05, 0.1) is 6.61 Å². The third-order valence-electron chi connectivity index (χ3n) is 4.85. The van der Waals surface area contributed by atoms with Crippen molar-refractivity contribution < 1.29 is 19.1 Å². The van der Waals surface area contributed by atoms with Crippen LogP contribution in [0.5, 0.6) is 5.75 Å². The number of carbonyl (C=O) groups is 2. The first-order valence-electron chi connectivity index (χ1n) is 11.2. The maximum Gasteiger partial charge on any atom is 0.336 e. The van der Waals surface area contributed by atoms with Crippen LogP contribution in [0, 0.1) is 0 Å². The number of para-hydroxylation sites is 1. The first kappa shape index (κ1) is 24.9. The summed E-state index contributed by atoms with van der Waals surface area (Å²) in [6.07, 6.45) is 14.6. The van der Waals surface area contributed by atoms with Gasteiger partial charge >= 0.3 is 11.9 Å². The summed E-state index contributed by atoms with van der Waals surface area (Å²) in [5.74, 6) is -0.311. The van der Waals surface area contributed by atoms with E-state index in [2.05, 4.69) is 6.92 Å². The van der Waals surface area contributed by atoms with E-state index in [1.807, 2.05) is 32.0 Å². The minimum absolute atomic E-state index is 0.244. The molecule has 1 aromatic carbocycles. The van der Waals surface area contributed by atoms with E-state index in [4.69, 9.17) is 9.47 Å². The number of unbranched alkanes of at least 4 members (excludes halogenated alkanes) is 9. The van der Waals surface area contributed by atoms with E-state index in [1.54, 1.807) is 6.07 Å². The van der Waals surface area contributed by atoms with Gasteiger partial charge in [0, 0.05) is 12.2 Å². The SMILES string of the molecule is CCCCCCCCCCCCOC(=O)/C=C/C(=O)Oc1ccccc1C(C)C. The van der Waals surface area contributed by atoms with Gasteiger partial charge in [-0.2, -0.15) is 0 Å². The molecule has 0 atom stereocenters. The van der Waals surface area contributed by atoms with Crippen molar-refractivity contribution in [3.05, 3.63) is 42.0 Å². The van der Waals surface area contributed by atoms with Crippen LogP contribution in [0.15, 0.2) is 36.4 Å². The predicted octanol–water partition coefficient (Wildman–Crippen LogP) is 6.74. The van der Waals surface area contributed by atoms with Crippen LogP contribution >= 0.6 is 0 Å². The van der Waals surface area contributed by atoms with Gasteiger partial charge < -0.3 is 9.47 Å². The molecule has 0 fully saturated rings. The quantitative estimate of drug-likeness (QED) is 0.141. The van der Waals surface area contributed by atoms with Crippen molar-refractivity contribution in [2.24, 2.45) is 0 Å². The van der Waals surface area contributed by atoms with Gasteiger partial charge in [-0.3, -0.25) is 0 Å². The molecule has 0 spiro atoms. The maximum absolute atomic E-state index is 11.9. The van der Waals surface area contributed by atoms with Crippen molar-refractivity contribution in [2.45, 2.75) is 90.9 Å². The Morgan fingerprint density at radius 2 is 1.38 bits per heavy atom. The zero-order valence-electron chi connectivity index (χ0n) is 18.5. The summed E-state index contributed by atoms with van der Waals surface area (Å²) in [6.45, 7) is 6.70. The number of hydrogen-bond donors (Lipinski definition) is 0. The lowest BCUT2D eigenvalue weighted by atomic mass is 10.0. The summed E-state index contributed by atoms with van der Waals surface area (Å²) in [6, 6.07) is 7.41. The minimum atomic E-state index is -0.575. The molecule has 0 aliphatic rings. The second kappa shape index (κ2) is 15.8. The van der Waals surface area contributed by atoms with Crippen molar-refractivity contribution in [1.82, 2.24) is 0 Å². The molecule has 0 radical (unpaired) electrons. The van der Waals surface area contributed by atoms with Crippen LogP contribution in [0.1, 0.15) is 96.5 Å². The number of carbonyl (C=O) groups excluding carboxylic acids is 2. The molecule has 0 unspecified atom stereocenters. The molecule has 1 rings (SSSR count). The molecule has 0 bridgehead atoms. The summed E-state index contributed by atoms with van der Waals surface area (Å²) < 4.78 is 10.5. The molecule has 0 aliphatic carbocycles. The van der Waals surface area contributed by atoms with Crippen LogP contribution in [-0.2, 0) is 14.3 Å². The monoisotopic (exact) mass is 402 g/mol. The summed E-state index contributed by atoms with van der Waals surface area (Å²) in [4.78, 5) is 23.7. The van der Waals surface area contributed by atoms with E-state index >= 15 is 0 Å². The summed E-state index contributed by atoms with van der Waals surface area (Å²) in [7, 11) is 0. The fourth-order valence-electron chi connectivity index (χ4n) is 3.14. The number of rotatable bonds is 15. The molecule has 0 N–H and O–H groups in total. The van der Waals surface area contributed by atoms with Gasteiger partial charge in [0.1, 0.15) is 5.75 Å². The van der Waals surface area contributed by atoms with Gasteiger partial charge in [0.15, 0.2) is 0 Å². The van der Waals surface area contributed by atoms with Gasteiger partial charge in [-0.05, 0) is 24.0 Å². The molecular weight excluding hydrogens is 364 g/mol. The lowest BCUT2D eigenvalue weighted by Crippen LogP contribution is -2.08. The third-order valence-corrected chi connectivity index (χ3v) is 4.85. The summed E-state index contributed by atoms with van der Waals surface area (Å²) in [5.41, 5.74) is 0.956. The van der Waals surface area contributed by atoms with Gasteiger partial charge in [-0.1, -0.05) is 96.8 Å². The zero-order valence-corrected chi connectivity index (χ0v) is 18.5. The number of ether oxygens (including phenoxy) is 2.